The van der Waals surface area contributed by atoms with E-state index in [1.54, 1.807) is 14.0 Å². The number of nitrogens with one attached hydrogen (secondary N) is 2. The van der Waals surface area contributed by atoms with Crippen molar-refractivity contribution in [1.29, 1.82) is 0 Å². The summed E-state index contributed by atoms with van der Waals surface area (Å²) < 4.78 is 10.1. The number of methoxy groups -OCH3 is 2. The summed E-state index contributed by atoms with van der Waals surface area (Å²) in [7, 11) is 2.96. The van der Waals surface area contributed by atoms with Gasteiger partial charge in [0.2, 0.25) is 0 Å². The van der Waals surface area contributed by atoms with Crippen LogP contribution >= 0.6 is 12.2 Å². The highest BCUT2D eigenvalue weighted by molar-refractivity contribution is 7.80. The van der Waals surface area contributed by atoms with Gasteiger partial charge in [-0.1, -0.05) is 12.1 Å². The van der Waals surface area contributed by atoms with Crippen LogP contribution in [0.25, 0.3) is 0 Å². The van der Waals surface area contributed by atoms with Crippen molar-refractivity contribution in [2.75, 3.05) is 14.2 Å². The second-order valence-corrected chi connectivity index (χ2v) is 4.75. The van der Waals surface area contributed by atoms with E-state index in [0.29, 0.717) is 16.4 Å². The van der Waals surface area contributed by atoms with Crippen LogP contribution < -0.4 is 15.4 Å². The van der Waals surface area contributed by atoms with Crippen LogP contribution in [0.1, 0.15) is 18.5 Å². The molecule has 1 aromatic carbocycles. The van der Waals surface area contributed by atoms with Gasteiger partial charge in [0.25, 0.3) is 0 Å². The number of ether oxygens (including phenoxy) is 2. The van der Waals surface area contributed by atoms with Crippen molar-refractivity contribution in [3.05, 3.63) is 41.1 Å². The van der Waals surface area contributed by atoms with Gasteiger partial charge in [-0.15, -0.1) is 0 Å². The predicted octanol–water partition coefficient (Wildman–Crippen LogP) is 1.66. The zero-order chi connectivity index (χ0) is 14.7. The summed E-state index contributed by atoms with van der Waals surface area (Å²) in [5.74, 6) is 0.327. The van der Waals surface area contributed by atoms with E-state index in [2.05, 4.69) is 10.6 Å². The van der Waals surface area contributed by atoms with E-state index in [0.717, 1.165) is 11.3 Å². The Labute approximate surface area is 123 Å². The average Bonchev–Trinajstić information content (AvgIpc) is 2.45. The first-order chi connectivity index (χ1) is 9.56. The number of hydrogen-bond acceptors (Lipinski definition) is 4. The Morgan fingerprint density at radius 3 is 2.75 bits per heavy atom. The van der Waals surface area contributed by atoms with Crippen molar-refractivity contribution in [2.24, 2.45) is 0 Å². The van der Waals surface area contributed by atoms with Gasteiger partial charge in [-0.05, 0) is 36.8 Å². The van der Waals surface area contributed by atoms with Crippen LogP contribution in [0.15, 0.2) is 35.5 Å². The molecule has 0 saturated carbocycles. The van der Waals surface area contributed by atoms with Crippen LogP contribution in [0.5, 0.6) is 5.75 Å². The second kappa shape index (κ2) is 5.92. The summed E-state index contributed by atoms with van der Waals surface area (Å²) in [4.78, 5) is 12.0. The largest absolute Gasteiger partial charge is 0.497 e. The lowest BCUT2D eigenvalue weighted by Gasteiger charge is -2.29. The van der Waals surface area contributed by atoms with E-state index in [4.69, 9.17) is 21.7 Å². The Balaban J connectivity index is 2.48. The monoisotopic (exact) mass is 292 g/mol. The highest BCUT2D eigenvalue weighted by Crippen LogP contribution is 2.29. The van der Waals surface area contributed by atoms with E-state index in [-0.39, 0.29) is 6.04 Å². The lowest BCUT2D eigenvalue weighted by molar-refractivity contribution is -0.136. The van der Waals surface area contributed by atoms with Gasteiger partial charge in [0.1, 0.15) is 5.75 Å². The van der Waals surface area contributed by atoms with Crippen LogP contribution in [0.4, 0.5) is 0 Å². The molecule has 0 radical (unpaired) electrons. The molecule has 2 rings (SSSR count). The first kappa shape index (κ1) is 14.3. The molecular weight excluding hydrogens is 276 g/mol. The molecule has 0 amide bonds. The molecular formula is C14H16N2O3S. The van der Waals surface area contributed by atoms with Crippen LogP contribution in [0.3, 0.4) is 0 Å². The third-order valence-electron chi connectivity index (χ3n) is 3.10. The SMILES string of the molecule is COC(=O)C1=C(C)NC(=S)N[C@@H]1c1cccc(OC)c1. The minimum atomic E-state index is -0.391. The normalized spacial score (nSPS) is 18.1. The molecule has 0 aliphatic carbocycles. The van der Waals surface area contributed by atoms with Crippen molar-refractivity contribution in [3.63, 3.8) is 0 Å². The standard InChI is InChI=1S/C14H16N2O3S/c1-8-11(13(17)19-3)12(16-14(20)15-8)9-5-4-6-10(7-9)18-2/h4-7,12H,1-3H3,(H2,15,16,20)/t12-/m1/s1. The van der Waals surface area contributed by atoms with E-state index in [1.165, 1.54) is 7.11 Å². The van der Waals surface area contributed by atoms with Crippen molar-refractivity contribution < 1.29 is 14.3 Å². The number of allylic oxidation sites excluding steroid dienone is 1. The third kappa shape index (κ3) is 2.75. The molecule has 1 aromatic rings. The van der Waals surface area contributed by atoms with Gasteiger partial charge in [0, 0.05) is 5.70 Å². The number of hydrogen-bond donors (Lipinski definition) is 2. The molecule has 5 nitrogen and oxygen atoms in total. The first-order valence-electron chi connectivity index (χ1n) is 6.07. The molecule has 0 unspecified atom stereocenters. The summed E-state index contributed by atoms with van der Waals surface area (Å²) in [6, 6.07) is 7.13. The second-order valence-electron chi connectivity index (χ2n) is 4.34. The van der Waals surface area contributed by atoms with Gasteiger partial charge in [0.15, 0.2) is 5.11 Å². The topological polar surface area (TPSA) is 59.6 Å². The molecule has 6 heteroatoms. The number of carbonyl (C=O) groups is 1. The fourth-order valence-corrected chi connectivity index (χ4v) is 2.42. The Hall–Kier alpha value is -2.08. The van der Waals surface area contributed by atoms with Gasteiger partial charge >= 0.3 is 5.97 Å². The minimum absolute atomic E-state index is 0.355. The van der Waals surface area contributed by atoms with Gasteiger partial charge in [0.05, 0.1) is 25.8 Å². The van der Waals surface area contributed by atoms with Crippen LogP contribution in [0, 0.1) is 0 Å². The fourth-order valence-electron chi connectivity index (χ4n) is 2.15. The van der Waals surface area contributed by atoms with Crippen LogP contribution in [-0.4, -0.2) is 25.3 Å². The Bertz CT molecular complexity index is 584. The lowest BCUT2D eigenvalue weighted by atomic mass is 9.95. The fraction of sp³-hybridized carbons (Fsp3) is 0.286. The quantitative estimate of drug-likeness (QED) is 0.653. The number of rotatable bonds is 3. The maximum absolute atomic E-state index is 12.0. The van der Waals surface area contributed by atoms with Gasteiger partial charge in [-0.3, -0.25) is 0 Å². The third-order valence-corrected chi connectivity index (χ3v) is 3.32. The highest BCUT2D eigenvalue weighted by atomic mass is 32.1. The Kier molecular flexibility index (Phi) is 4.24. The number of thiocarbonyl (C=S) groups is 1. The van der Waals surface area contributed by atoms with Crippen LogP contribution in [-0.2, 0) is 9.53 Å². The van der Waals surface area contributed by atoms with Gasteiger partial charge < -0.3 is 20.1 Å². The maximum Gasteiger partial charge on any atom is 0.337 e. The molecule has 0 bridgehead atoms. The molecule has 1 heterocycles. The molecule has 106 valence electrons. The van der Waals surface area contributed by atoms with Gasteiger partial charge in [-0.25, -0.2) is 4.79 Å². The van der Waals surface area contributed by atoms with Crippen molar-refractivity contribution >= 4 is 23.3 Å². The van der Waals surface area contributed by atoms with Crippen molar-refractivity contribution in [2.45, 2.75) is 13.0 Å². The van der Waals surface area contributed by atoms with Gasteiger partial charge in [-0.2, -0.15) is 0 Å². The first-order valence-corrected chi connectivity index (χ1v) is 6.48. The molecule has 0 saturated heterocycles. The summed E-state index contributed by atoms with van der Waals surface area (Å²) in [5, 5.41) is 6.50. The Morgan fingerprint density at radius 2 is 2.10 bits per heavy atom. The lowest BCUT2D eigenvalue weighted by Crippen LogP contribution is -2.45. The predicted molar refractivity (Wildman–Crippen MR) is 79.3 cm³/mol. The zero-order valence-electron chi connectivity index (χ0n) is 11.5. The van der Waals surface area contributed by atoms with Crippen LogP contribution in [0.2, 0.25) is 0 Å². The molecule has 1 aliphatic heterocycles. The molecule has 1 aliphatic rings. The average molecular weight is 292 g/mol. The summed E-state index contributed by atoms with van der Waals surface area (Å²) in [6.45, 7) is 1.80. The molecule has 20 heavy (non-hydrogen) atoms. The summed E-state index contributed by atoms with van der Waals surface area (Å²) in [5.41, 5.74) is 2.08. The van der Waals surface area contributed by atoms with E-state index < -0.39 is 5.97 Å². The smallest absolute Gasteiger partial charge is 0.337 e. The molecule has 2 N–H and O–H groups in total. The van der Waals surface area contributed by atoms with E-state index in [9.17, 15) is 4.79 Å². The molecule has 0 aromatic heterocycles. The molecule has 1 atom stereocenters. The summed E-state index contributed by atoms with van der Waals surface area (Å²) in [6.07, 6.45) is 0. The Morgan fingerprint density at radius 1 is 1.35 bits per heavy atom. The molecule has 0 fully saturated rings. The van der Waals surface area contributed by atoms with Crippen molar-refractivity contribution in [3.8, 4) is 5.75 Å². The highest BCUT2D eigenvalue weighted by Gasteiger charge is 2.30. The van der Waals surface area contributed by atoms with E-state index in [1.807, 2.05) is 24.3 Å². The number of benzene rings is 1. The summed E-state index contributed by atoms with van der Waals surface area (Å²) >= 11 is 5.16. The zero-order valence-corrected chi connectivity index (χ0v) is 12.3. The maximum atomic E-state index is 12.0. The van der Waals surface area contributed by atoms with Crippen molar-refractivity contribution in [1.82, 2.24) is 10.6 Å². The minimum Gasteiger partial charge on any atom is -0.497 e. The number of esters is 1. The molecule has 0 spiro atoms. The number of carbonyl (C=O) groups excluding carboxylic acids is 1. The van der Waals surface area contributed by atoms with E-state index >= 15 is 0 Å².